The number of tetrazole rings is 1. The van der Waals surface area contributed by atoms with Crippen LogP contribution in [0.1, 0.15) is 21.9 Å². The summed E-state index contributed by atoms with van der Waals surface area (Å²) in [6.07, 6.45) is 0. The molecule has 0 unspecified atom stereocenters. The topological polar surface area (TPSA) is 130 Å². The second-order valence-electron chi connectivity index (χ2n) is 5.24. The lowest BCUT2D eigenvalue weighted by Crippen LogP contribution is -2.14. The molecular formula is C14H13N9O. The molecule has 0 spiro atoms. The number of anilines is 1. The summed E-state index contributed by atoms with van der Waals surface area (Å²) >= 11 is 0. The van der Waals surface area contributed by atoms with Crippen LogP contribution in [0.25, 0.3) is 16.9 Å². The predicted molar refractivity (Wildman–Crippen MR) is 84.8 cm³/mol. The molecule has 3 aromatic heterocycles. The summed E-state index contributed by atoms with van der Waals surface area (Å²) in [4.78, 5) is 12.6. The first-order valence-electron chi connectivity index (χ1n) is 7.19. The summed E-state index contributed by atoms with van der Waals surface area (Å²) in [5, 5.41) is 28.6. The standard InChI is InChI=1S/C14H13N9O/c1-7-11(8(2)23(20-7)14-18-21-22-19-14)15-13(24)12-9-5-3-4-6-10(9)16-17-12/h3-6H,1-2H3,(H,15,24)(H,16,17)(H,18,19,21,22). The molecule has 4 aromatic rings. The molecule has 0 radical (unpaired) electrons. The van der Waals surface area contributed by atoms with E-state index in [-0.39, 0.29) is 5.91 Å². The molecule has 0 aliphatic rings. The van der Waals surface area contributed by atoms with Gasteiger partial charge in [-0.1, -0.05) is 23.3 Å². The number of benzene rings is 1. The third-order valence-electron chi connectivity index (χ3n) is 3.74. The average molecular weight is 323 g/mol. The number of rotatable bonds is 3. The van der Waals surface area contributed by atoms with E-state index in [9.17, 15) is 4.79 Å². The van der Waals surface area contributed by atoms with E-state index in [0.29, 0.717) is 28.7 Å². The van der Waals surface area contributed by atoms with Crippen molar-refractivity contribution >= 4 is 22.5 Å². The van der Waals surface area contributed by atoms with E-state index in [0.717, 1.165) is 10.9 Å². The van der Waals surface area contributed by atoms with E-state index in [2.05, 4.69) is 41.2 Å². The lowest BCUT2D eigenvalue weighted by atomic mass is 10.2. The monoisotopic (exact) mass is 323 g/mol. The van der Waals surface area contributed by atoms with Gasteiger partial charge in [0.05, 0.1) is 22.6 Å². The maximum absolute atomic E-state index is 12.6. The Balaban J connectivity index is 1.70. The molecule has 0 aliphatic carbocycles. The van der Waals surface area contributed by atoms with E-state index in [4.69, 9.17) is 0 Å². The van der Waals surface area contributed by atoms with Crippen molar-refractivity contribution < 1.29 is 4.79 Å². The highest BCUT2D eigenvalue weighted by Gasteiger charge is 2.20. The zero-order valence-electron chi connectivity index (χ0n) is 12.9. The van der Waals surface area contributed by atoms with Gasteiger partial charge in [-0.25, -0.2) is 0 Å². The predicted octanol–water partition coefficient (Wildman–Crippen LogP) is 1.13. The first-order valence-corrected chi connectivity index (χ1v) is 7.19. The van der Waals surface area contributed by atoms with Crippen molar-refractivity contribution in [1.82, 2.24) is 40.6 Å². The molecule has 120 valence electrons. The van der Waals surface area contributed by atoms with Crippen molar-refractivity contribution in [1.29, 1.82) is 0 Å². The zero-order chi connectivity index (χ0) is 16.7. The van der Waals surface area contributed by atoms with Crippen LogP contribution in [0, 0.1) is 13.8 Å². The Bertz CT molecular complexity index is 1030. The molecule has 24 heavy (non-hydrogen) atoms. The van der Waals surface area contributed by atoms with Gasteiger partial charge in [-0.3, -0.25) is 9.89 Å². The third-order valence-corrected chi connectivity index (χ3v) is 3.74. The molecule has 1 amide bonds. The van der Waals surface area contributed by atoms with Gasteiger partial charge < -0.3 is 5.32 Å². The molecule has 0 saturated carbocycles. The van der Waals surface area contributed by atoms with Crippen LogP contribution < -0.4 is 5.32 Å². The Morgan fingerprint density at radius 3 is 2.83 bits per heavy atom. The summed E-state index contributed by atoms with van der Waals surface area (Å²) in [5.41, 5.74) is 3.07. The van der Waals surface area contributed by atoms with Gasteiger partial charge in [0, 0.05) is 5.39 Å². The van der Waals surface area contributed by atoms with Gasteiger partial charge in [0.25, 0.3) is 11.9 Å². The molecule has 3 heterocycles. The van der Waals surface area contributed by atoms with Gasteiger partial charge in [0.15, 0.2) is 5.69 Å². The molecule has 0 atom stereocenters. The largest absolute Gasteiger partial charge is 0.317 e. The van der Waals surface area contributed by atoms with E-state index in [1.54, 1.807) is 6.92 Å². The van der Waals surface area contributed by atoms with Crippen molar-refractivity contribution in [2.75, 3.05) is 5.32 Å². The lowest BCUT2D eigenvalue weighted by molar-refractivity contribution is 0.102. The number of amides is 1. The number of fused-ring (bicyclic) bond motifs is 1. The fourth-order valence-electron chi connectivity index (χ4n) is 2.57. The van der Waals surface area contributed by atoms with Crippen LogP contribution >= 0.6 is 0 Å². The average Bonchev–Trinajstić information content (AvgIpc) is 3.30. The summed E-state index contributed by atoms with van der Waals surface area (Å²) < 4.78 is 1.51. The SMILES string of the molecule is Cc1nn(-c2nn[nH]n2)c(C)c1NC(=O)c1n[nH]c2ccccc12. The Morgan fingerprint density at radius 2 is 2.04 bits per heavy atom. The first kappa shape index (κ1) is 14.1. The number of nitrogens with zero attached hydrogens (tertiary/aromatic N) is 6. The summed E-state index contributed by atoms with van der Waals surface area (Å²) in [7, 11) is 0. The van der Waals surface area contributed by atoms with Crippen LogP contribution in [0.15, 0.2) is 24.3 Å². The minimum Gasteiger partial charge on any atom is -0.317 e. The van der Waals surface area contributed by atoms with E-state index >= 15 is 0 Å². The Kier molecular flexibility index (Phi) is 3.08. The van der Waals surface area contributed by atoms with Gasteiger partial charge in [-0.2, -0.15) is 20.1 Å². The van der Waals surface area contributed by atoms with Gasteiger partial charge in [0.1, 0.15) is 0 Å². The molecule has 0 fully saturated rings. The molecule has 10 nitrogen and oxygen atoms in total. The molecular weight excluding hydrogens is 310 g/mol. The molecule has 4 rings (SSSR count). The molecule has 0 saturated heterocycles. The Morgan fingerprint density at radius 1 is 1.21 bits per heavy atom. The smallest absolute Gasteiger partial charge is 0.290 e. The fraction of sp³-hybridized carbons (Fsp3) is 0.143. The van der Waals surface area contributed by atoms with Gasteiger partial charge in [-0.15, -0.1) is 5.10 Å². The van der Waals surface area contributed by atoms with Crippen molar-refractivity contribution in [2.24, 2.45) is 0 Å². The summed E-state index contributed by atoms with van der Waals surface area (Å²) in [6, 6.07) is 7.45. The molecule has 10 heteroatoms. The number of hydrogen-bond acceptors (Lipinski definition) is 6. The number of carbonyl (C=O) groups is 1. The summed E-state index contributed by atoms with van der Waals surface area (Å²) in [5.74, 6) is -0.00682. The number of aromatic amines is 2. The van der Waals surface area contributed by atoms with Crippen LogP contribution in [0.4, 0.5) is 5.69 Å². The lowest BCUT2D eigenvalue weighted by Gasteiger charge is -2.04. The third kappa shape index (κ3) is 2.12. The number of aromatic nitrogens is 8. The quantitative estimate of drug-likeness (QED) is 0.518. The van der Waals surface area contributed by atoms with Crippen molar-refractivity contribution in [3.63, 3.8) is 0 Å². The van der Waals surface area contributed by atoms with E-state index < -0.39 is 0 Å². The van der Waals surface area contributed by atoms with Crippen molar-refractivity contribution in [3.05, 3.63) is 41.3 Å². The first-order chi connectivity index (χ1) is 11.6. The van der Waals surface area contributed by atoms with Crippen LogP contribution in [0.5, 0.6) is 0 Å². The maximum atomic E-state index is 12.6. The molecule has 0 bridgehead atoms. The highest BCUT2D eigenvalue weighted by molar-refractivity contribution is 6.11. The van der Waals surface area contributed by atoms with Gasteiger partial charge in [-0.05, 0) is 25.1 Å². The van der Waals surface area contributed by atoms with Gasteiger partial charge in [0.2, 0.25) is 0 Å². The fourth-order valence-corrected chi connectivity index (χ4v) is 2.57. The number of para-hydroxylation sites is 1. The molecule has 3 N–H and O–H groups in total. The number of carbonyl (C=O) groups excluding carboxylic acids is 1. The zero-order valence-corrected chi connectivity index (χ0v) is 12.9. The minimum absolute atomic E-state index is 0.307. The summed E-state index contributed by atoms with van der Waals surface area (Å²) in [6.45, 7) is 3.61. The normalized spacial score (nSPS) is 11.1. The Hall–Kier alpha value is -3.56. The van der Waals surface area contributed by atoms with Crippen LogP contribution in [-0.2, 0) is 0 Å². The van der Waals surface area contributed by atoms with Crippen molar-refractivity contribution in [2.45, 2.75) is 13.8 Å². The Labute approximate surface area is 135 Å². The number of nitrogens with one attached hydrogen (secondary N) is 3. The van der Waals surface area contributed by atoms with E-state index in [1.165, 1.54) is 4.68 Å². The highest BCUT2D eigenvalue weighted by atomic mass is 16.2. The van der Waals surface area contributed by atoms with Crippen LogP contribution in [-0.4, -0.2) is 46.5 Å². The van der Waals surface area contributed by atoms with Crippen LogP contribution in [0.3, 0.4) is 0 Å². The van der Waals surface area contributed by atoms with E-state index in [1.807, 2.05) is 31.2 Å². The maximum Gasteiger partial charge on any atom is 0.290 e. The molecule has 1 aromatic carbocycles. The number of aryl methyl sites for hydroxylation is 1. The minimum atomic E-state index is -0.314. The second kappa shape index (κ2) is 5.26. The second-order valence-corrected chi connectivity index (χ2v) is 5.24. The van der Waals surface area contributed by atoms with Crippen molar-refractivity contribution in [3.8, 4) is 5.95 Å². The van der Waals surface area contributed by atoms with Gasteiger partial charge >= 0.3 is 0 Å². The van der Waals surface area contributed by atoms with Crippen LogP contribution in [0.2, 0.25) is 0 Å². The molecule has 0 aliphatic heterocycles. The number of H-pyrrole nitrogens is 2. The highest BCUT2D eigenvalue weighted by Crippen LogP contribution is 2.23. The number of hydrogen-bond donors (Lipinski definition) is 3.